The summed E-state index contributed by atoms with van der Waals surface area (Å²) in [6, 6.07) is 22.5. The molecule has 0 spiro atoms. The number of sulfonamides is 1. The van der Waals surface area contributed by atoms with Gasteiger partial charge in [0.1, 0.15) is 10.6 Å². The van der Waals surface area contributed by atoms with Gasteiger partial charge in [0.05, 0.1) is 33.3 Å². The largest absolute Gasteiger partial charge is 0.495 e. The molecule has 1 amide bonds. The summed E-state index contributed by atoms with van der Waals surface area (Å²) in [6.45, 7) is 3.67. The van der Waals surface area contributed by atoms with Gasteiger partial charge in [-0.05, 0) is 47.9 Å². The Morgan fingerprint density at radius 2 is 1.71 bits per heavy atom. The summed E-state index contributed by atoms with van der Waals surface area (Å²) in [5.41, 5.74) is 3.46. The number of ether oxygens (including phenoxy) is 2. The van der Waals surface area contributed by atoms with Crippen LogP contribution in [0.5, 0.6) is 5.75 Å². The molecule has 3 aromatic rings. The molecule has 0 aromatic heterocycles. The molecule has 7 nitrogen and oxygen atoms in total. The summed E-state index contributed by atoms with van der Waals surface area (Å²) in [6.07, 6.45) is 0.0520. The van der Waals surface area contributed by atoms with E-state index in [0.717, 1.165) is 16.8 Å². The molecule has 0 bridgehead atoms. The fraction of sp³-hybridized carbons (Fsp3) is 0.296. The Kier molecular flexibility index (Phi) is 7.85. The molecule has 0 unspecified atom stereocenters. The second-order valence-corrected chi connectivity index (χ2v) is 10.4. The van der Waals surface area contributed by atoms with Crippen molar-refractivity contribution >= 4 is 21.6 Å². The maximum atomic E-state index is 13.6. The Labute approximate surface area is 206 Å². The minimum Gasteiger partial charge on any atom is -0.495 e. The van der Waals surface area contributed by atoms with Crippen LogP contribution in [-0.2, 0) is 32.5 Å². The van der Waals surface area contributed by atoms with Crippen LogP contribution in [0.3, 0.4) is 0 Å². The number of carbonyl (C=O) groups is 1. The number of hydrogen-bond donors (Lipinski definition) is 0. The molecule has 0 aliphatic carbocycles. The molecule has 0 N–H and O–H groups in total. The average molecular weight is 495 g/mol. The van der Waals surface area contributed by atoms with Crippen LogP contribution in [-0.4, -0.2) is 52.0 Å². The summed E-state index contributed by atoms with van der Waals surface area (Å²) in [4.78, 5) is 15.4. The lowest BCUT2D eigenvalue weighted by molar-refractivity contribution is -0.118. The van der Waals surface area contributed by atoms with Gasteiger partial charge in [-0.2, -0.15) is 4.31 Å². The van der Waals surface area contributed by atoms with Crippen molar-refractivity contribution in [3.63, 3.8) is 0 Å². The first-order chi connectivity index (χ1) is 16.9. The second-order valence-electron chi connectivity index (χ2n) is 8.48. The van der Waals surface area contributed by atoms with E-state index in [0.29, 0.717) is 25.3 Å². The maximum Gasteiger partial charge on any atom is 0.246 e. The van der Waals surface area contributed by atoms with Gasteiger partial charge in [-0.15, -0.1) is 0 Å². The zero-order valence-electron chi connectivity index (χ0n) is 20.0. The number of nitrogens with zero attached hydrogens (tertiary/aromatic N) is 2. The minimum atomic E-state index is -3.79. The van der Waals surface area contributed by atoms with Gasteiger partial charge in [0.2, 0.25) is 15.9 Å². The maximum absolute atomic E-state index is 13.6. The van der Waals surface area contributed by atoms with E-state index in [1.165, 1.54) is 11.4 Å². The number of benzene rings is 3. The molecule has 8 heteroatoms. The van der Waals surface area contributed by atoms with Gasteiger partial charge in [0, 0.05) is 18.8 Å². The first-order valence-electron chi connectivity index (χ1n) is 11.5. The first kappa shape index (κ1) is 24.9. The molecule has 0 saturated carbocycles. The van der Waals surface area contributed by atoms with Crippen LogP contribution in [0.4, 0.5) is 5.69 Å². The fourth-order valence-electron chi connectivity index (χ4n) is 4.11. The summed E-state index contributed by atoms with van der Waals surface area (Å²) >= 11 is 0. The van der Waals surface area contributed by atoms with Crippen LogP contribution in [0.25, 0.3) is 0 Å². The number of aryl methyl sites for hydroxylation is 1. The van der Waals surface area contributed by atoms with Gasteiger partial charge < -0.3 is 14.4 Å². The van der Waals surface area contributed by atoms with Crippen LogP contribution in [0.2, 0.25) is 0 Å². The van der Waals surface area contributed by atoms with Crippen molar-refractivity contribution in [2.75, 3.05) is 38.3 Å². The van der Waals surface area contributed by atoms with E-state index < -0.39 is 10.0 Å². The third-order valence-electron chi connectivity index (χ3n) is 5.97. The molecule has 0 radical (unpaired) electrons. The Hall–Kier alpha value is -3.20. The standard InChI is InChI=1S/C27H30N2O5S/c1-21-7-6-10-24(17-21)29(20-22-8-4-3-5-9-22)27(30)19-23-11-12-25(33-2)26(18-23)35(31,32)28-13-15-34-16-14-28/h3-12,17-18H,13-16,19-20H2,1-2H3. The van der Waals surface area contributed by atoms with Crippen LogP contribution in [0.15, 0.2) is 77.7 Å². The topological polar surface area (TPSA) is 76.2 Å². The molecule has 4 rings (SSSR count). The minimum absolute atomic E-state index is 0.0520. The number of hydrogen-bond acceptors (Lipinski definition) is 5. The number of rotatable bonds is 8. The average Bonchev–Trinajstić information content (AvgIpc) is 2.88. The van der Waals surface area contributed by atoms with Gasteiger partial charge in [-0.25, -0.2) is 8.42 Å². The van der Waals surface area contributed by atoms with Gasteiger partial charge >= 0.3 is 0 Å². The third kappa shape index (κ3) is 5.90. The molecular weight excluding hydrogens is 464 g/mol. The van der Waals surface area contributed by atoms with Crippen molar-refractivity contribution in [2.45, 2.75) is 24.8 Å². The Balaban J connectivity index is 1.64. The second kappa shape index (κ2) is 11.0. The van der Waals surface area contributed by atoms with Gasteiger partial charge in [-0.3, -0.25) is 4.79 Å². The lowest BCUT2D eigenvalue weighted by Crippen LogP contribution is -2.40. The van der Waals surface area contributed by atoms with E-state index in [-0.39, 0.29) is 36.1 Å². The highest BCUT2D eigenvalue weighted by Gasteiger charge is 2.30. The van der Waals surface area contributed by atoms with E-state index in [9.17, 15) is 13.2 Å². The highest BCUT2D eigenvalue weighted by molar-refractivity contribution is 7.89. The van der Waals surface area contributed by atoms with Gasteiger partial charge in [0.25, 0.3) is 0 Å². The van der Waals surface area contributed by atoms with Crippen LogP contribution >= 0.6 is 0 Å². The number of anilines is 1. The summed E-state index contributed by atoms with van der Waals surface area (Å²) in [5, 5.41) is 0. The van der Waals surface area contributed by atoms with Crippen LogP contribution < -0.4 is 9.64 Å². The van der Waals surface area contributed by atoms with E-state index in [1.807, 2.05) is 61.5 Å². The predicted octanol–water partition coefficient (Wildman–Crippen LogP) is 3.80. The molecule has 1 fully saturated rings. The van der Waals surface area contributed by atoms with Crippen molar-refractivity contribution in [2.24, 2.45) is 0 Å². The highest BCUT2D eigenvalue weighted by Crippen LogP contribution is 2.29. The Morgan fingerprint density at radius 1 is 0.971 bits per heavy atom. The Bertz CT molecular complexity index is 1270. The smallest absolute Gasteiger partial charge is 0.246 e. The molecule has 1 aliphatic rings. The molecule has 0 atom stereocenters. The third-order valence-corrected chi connectivity index (χ3v) is 7.89. The number of methoxy groups -OCH3 is 1. The zero-order valence-corrected chi connectivity index (χ0v) is 20.8. The highest BCUT2D eigenvalue weighted by atomic mass is 32.2. The molecule has 35 heavy (non-hydrogen) atoms. The molecular formula is C27H30N2O5S. The molecule has 1 saturated heterocycles. The normalized spacial score (nSPS) is 14.5. The number of carbonyl (C=O) groups excluding carboxylic acids is 1. The quantitative estimate of drug-likeness (QED) is 0.476. The molecule has 1 aliphatic heterocycles. The monoisotopic (exact) mass is 494 g/mol. The van der Waals surface area contributed by atoms with Crippen molar-refractivity contribution in [3.05, 3.63) is 89.5 Å². The van der Waals surface area contributed by atoms with E-state index in [4.69, 9.17) is 9.47 Å². The van der Waals surface area contributed by atoms with Crippen molar-refractivity contribution in [1.29, 1.82) is 0 Å². The lowest BCUT2D eigenvalue weighted by Gasteiger charge is -2.27. The van der Waals surface area contributed by atoms with Crippen molar-refractivity contribution < 1.29 is 22.7 Å². The van der Waals surface area contributed by atoms with Crippen molar-refractivity contribution in [3.8, 4) is 5.75 Å². The summed E-state index contributed by atoms with van der Waals surface area (Å²) in [5.74, 6) is 0.131. The van der Waals surface area contributed by atoms with Crippen LogP contribution in [0, 0.1) is 6.92 Å². The van der Waals surface area contributed by atoms with Gasteiger partial charge in [0.15, 0.2) is 0 Å². The molecule has 184 valence electrons. The molecule has 3 aromatic carbocycles. The van der Waals surface area contributed by atoms with E-state index in [1.54, 1.807) is 23.1 Å². The summed E-state index contributed by atoms with van der Waals surface area (Å²) in [7, 11) is -2.34. The summed E-state index contributed by atoms with van der Waals surface area (Å²) < 4.78 is 38.7. The zero-order chi connectivity index (χ0) is 24.8. The fourth-order valence-corrected chi connectivity index (χ4v) is 5.73. The molecule has 1 heterocycles. The van der Waals surface area contributed by atoms with Gasteiger partial charge in [-0.1, -0.05) is 48.5 Å². The van der Waals surface area contributed by atoms with Crippen LogP contribution in [0.1, 0.15) is 16.7 Å². The first-order valence-corrected chi connectivity index (χ1v) is 13.0. The van der Waals surface area contributed by atoms with Crippen molar-refractivity contribution in [1.82, 2.24) is 4.31 Å². The number of morpholine rings is 1. The van der Waals surface area contributed by atoms with E-state index >= 15 is 0 Å². The Morgan fingerprint density at radius 3 is 2.40 bits per heavy atom. The lowest BCUT2D eigenvalue weighted by atomic mass is 10.1. The predicted molar refractivity (Wildman–Crippen MR) is 135 cm³/mol. The SMILES string of the molecule is COc1ccc(CC(=O)N(Cc2ccccc2)c2cccc(C)c2)cc1S(=O)(=O)N1CCOCC1. The van der Waals surface area contributed by atoms with E-state index in [2.05, 4.69) is 0 Å². The number of amides is 1.